The fourth-order valence-electron chi connectivity index (χ4n) is 2.13. The maximum Gasteiger partial charge on any atom is 0.0600 e. The van der Waals surface area contributed by atoms with Crippen molar-refractivity contribution in [3.05, 3.63) is 24.3 Å². The molecule has 0 unspecified atom stereocenters. The number of rotatable bonds is 1. The molecule has 0 spiro atoms. The van der Waals surface area contributed by atoms with E-state index in [0.717, 1.165) is 30.9 Å². The lowest BCUT2D eigenvalue weighted by Crippen LogP contribution is -2.42. The Morgan fingerprint density at radius 3 is 2.80 bits per heavy atom. The molecule has 2 atom stereocenters. The summed E-state index contributed by atoms with van der Waals surface area (Å²) in [5, 5.41) is 9.65. The molecule has 15 heavy (non-hydrogen) atoms. The van der Waals surface area contributed by atoms with E-state index in [2.05, 4.69) is 11.8 Å². The van der Waals surface area contributed by atoms with Gasteiger partial charge >= 0.3 is 0 Å². The first-order chi connectivity index (χ1) is 7.18. The summed E-state index contributed by atoms with van der Waals surface area (Å²) >= 11 is 0. The average molecular weight is 206 g/mol. The van der Waals surface area contributed by atoms with Crippen molar-refractivity contribution in [2.75, 3.05) is 23.7 Å². The molecule has 3 nitrogen and oxygen atoms in total. The molecular formula is C12H18N2O. The fourth-order valence-corrected chi connectivity index (χ4v) is 2.13. The molecule has 1 saturated heterocycles. The third-order valence-corrected chi connectivity index (χ3v) is 3.14. The largest absolute Gasteiger partial charge is 0.397 e. The maximum absolute atomic E-state index is 9.65. The van der Waals surface area contributed by atoms with Crippen LogP contribution in [0.5, 0.6) is 0 Å². The van der Waals surface area contributed by atoms with Crippen molar-refractivity contribution in [3.8, 4) is 0 Å². The van der Waals surface area contributed by atoms with Gasteiger partial charge in [0, 0.05) is 13.1 Å². The van der Waals surface area contributed by atoms with Gasteiger partial charge in [-0.25, -0.2) is 0 Å². The molecule has 0 amide bonds. The summed E-state index contributed by atoms with van der Waals surface area (Å²) in [6.45, 7) is 3.85. The Labute approximate surface area is 90.5 Å². The Morgan fingerprint density at radius 2 is 2.13 bits per heavy atom. The van der Waals surface area contributed by atoms with Gasteiger partial charge in [0.1, 0.15) is 0 Å². The molecule has 0 radical (unpaired) electrons. The lowest BCUT2D eigenvalue weighted by Gasteiger charge is -2.36. The second-order valence-corrected chi connectivity index (χ2v) is 4.34. The lowest BCUT2D eigenvalue weighted by atomic mass is 9.96. The minimum absolute atomic E-state index is 0.161. The number of nitrogen functional groups attached to an aromatic ring is 1. The van der Waals surface area contributed by atoms with Crippen LogP contribution in [-0.4, -0.2) is 24.3 Å². The monoisotopic (exact) mass is 206 g/mol. The number of hydrogen-bond acceptors (Lipinski definition) is 3. The standard InChI is InChI=1S/C12H18N2O/c1-9-8-14(7-6-12(9)15)11-5-3-2-4-10(11)13/h2-5,9,12,15H,6-8,13H2,1H3/t9-,12+/m1/s1. The van der Waals surface area contributed by atoms with E-state index in [1.54, 1.807) is 0 Å². The summed E-state index contributed by atoms with van der Waals surface area (Å²) in [5.41, 5.74) is 7.84. The quantitative estimate of drug-likeness (QED) is 0.684. The van der Waals surface area contributed by atoms with Crippen LogP contribution in [0, 0.1) is 5.92 Å². The van der Waals surface area contributed by atoms with Crippen molar-refractivity contribution in [3.63, 3.8) is 0 Å². The number of nitrogens with zero attached hydrogens (tertiary/aromatic N) is 1. The zero-order valence-corrected chi connectivity index (χ0v) is 9.06. The van der Waals surface area contributed by atoms with Crippen LogP contribution in [0.1, 0.15) is 13.3 Å². The molecular weight excluding hydrogens is 188 g/mol. The summed E-state index contributed by atoms with van der Waals surface area (Å²) in [7, 11) is 0. The van der Waals surface area contributed by atoms with Crippen LogP contribution in [0.4, 0.5) is 11.4 Å². The van der Waals surface area contributed by atoms with Crippen LogP contribution >= 0.6 is 0 Å². The van der Waals surface area contributed by atoms with Gasteiger partial charge in [0.15, 0.2) is 0 Å². The molecule has 0 aliphatic carbocycles. The van der Waals surface area contributed by atoms with E-state index in [9.17, 15) is 5.11 Å². The predicted octanol–water partition coefficient (Wildman–Crippen LogP) is 1.48. The molecule has 3 heteroatoms. The van der Waals surface area contributed by atoms with Gasteiger partial charge in [-0.1, -0.05) is 19.1 Å². The fraction of sp³-hybridized carbons (Fsp3) is 0.500. The van der Waals surface area contributed by atoms with Crippen LogP contribution in [0.3, 0.4) is 0 Å². The molecule has 1 fully saturated rings. The average Bonchev–Trinajstić information content (AvgIpc) is 2.23. The second-order valence-electron chi connectivity index (χ2n) is 4.34. The topological polar surface area (TPSA) is 49.5 Å². The Morgan fingerprint density at radius 1 is 1.40 bits per heavy atom. The van der Waals surface area contributed by atoms with Crippen molar-refractivity contribution in [1.29, 1.82) is 0 Å². The summed E-state index contributed by atoms with van der Waals surface area (Å²) < 4.78 is 0. The zero-order valence-electron chi connectivity index (χ0n) is 9.06. The van der Waals surface area contributed by atoms with E-state index in [1.807, 2.05) is 24.3 Å². The van der Waals surface area contributed by atoms with Gasteiger partial charge in [0.2, 0.25) is 0 Å². The SMILES string of the molecule is C[C@@H]1CN(c2ccccc2N)CC[C@@H]1O. The number of piperidine rings is 1. The molecule has 2 rings (SSSR count). The number of para-hydroxylation sites is 2. The molecule has 82 valence electrons. The van der Waals surface area contributed by atoms with Crippen LogP contribution in [0.15, 0.2) is 24.3 Å². The van der Waals surface area contributed by atoms with Gasteiger partial charge in [-0.2, -0.15) is 0 Å². The molecule has 1 heterocycles. The van der Waals surface area contributed by atoms with E-state index >= 15 is 0 Å². The van der Waals surface area contributed by atoms with E-state index in [4.69, 9.17) is 5.73 Å². The van der Waals surface area contributed by atoms with Crippen LogP contribution in [0.2, 0.25) is 0 Å². The summed E-state index contributed by atoms with van der Waals surface area (Å²) in [6, 6.07) is 7.91. The van der Waals surface area contributed by atoms with Gasteiger partial charge in [-0.05, 0) is 24.5 Å². The molecule has 0 bridgehead atoms. The third-order valence-electron chi connectivity index (χ3n) is 3.14. The first-order valence-electron chi connectivity index (χ1n) is 5.46. The van der Waals surface area contributed by atoms with E-state index in [1.165, 1.54) is 0 Å². The van der Waals surface area contributed by atoms with Crippen molar-refractivity contribution >= 4 is 11.4 Å². The summed E-state index contributed by atoms with van der Waals surface area (Å²) in [5.74, 6) is 0.318. The summed E-state index contributed by atoms with van der Waals surface area (Å²) in [6.07, 6.45) is 0.668. The zero-order chi connectivity index (χ0) is 10.8. The smallest absolute Gasteiger partial charge is 0.0600 e. The summed E-state index contributed by atoms with van der Waals surface area (Å²) in [4.78, 5) is 2.26. The molecule has 3 N–H and O–H groups in total. The number of benzene rings is 1. The van der Waals surface area contributed by atoms with Crippen molar-refractivity contribution in [2.45, 2.75) is 19.4 Å². The molecule has 1 aliphatic rings. The van der Waals surface area contributed by atoms with Gasteiger partial charge in [-0.3, -0.25) is 0 Å². The number of hydrogen-bond donors (Lipinski definition) is 2. The molecule has 0 saturated carbocycles. The Balaban J connectivity index is 2.15. The van der Waals surface area contributed by atoms with Gasteiger partial charge in [0.25, 0.3) is 0 Å². The molecule has 0 aromatic heterocycles. The Kier molecular flexibility index (Phi) is 2.82. The first kappa shape index (κ1) is 10.3. The second kappa shape index (κ2) is 4.11. The Bertz CT molecular complexity index is 340. The third kappa shape index (κ3) is 2.07. The highest BCUT2D eigenvalue weighted by Gasteiger charge is 2.24. The highest BCUT2D eigenvalue weighted by atomic mass is 16.3. The van der Waals surface area contributed by atoms with Gasteiger partial charge < -0.3 is 15.7 Å². The van der Waals surface area contributed by atoms with Crippen molar-refractivity contribution < 1.29 is 5.11 Å². The molecule has 1 aliphatic heterocycles. The maximum atomic E-state index is 9.65. The van der Waals surface area contributed by atoms with Crippen LogP contribution in [-0.2, 0) is 0 Å². The number of nitrogens with two attached hydrogens (primary N) is 1. The van der Waals surface area contributed by atoms with Gasteiger partial charge in [-0.15, -0.1) is 0 Å². The highest BCUT2D eigenvalue weighted by molar-refractivity contribution is 5.67. The molecule has 1 aromatic rings. The van der Waals surface area contributed by atoms with E-state index in [0.29, 0.717) is 5.92 Å². The van der Waals surface area contributed by atoms with Crippen LogP contribution in [0.25, 0.3) is 0 Å². The first-order valence-corrected chi connectivity index (χ1v) is 5.46. The number of aliphatic hydroxyl groups is 1. The Hall–Kier alpha value is -1.22. The van der Waals surface area contributed by atoms with E-state index in [-0.39, 0.29) is 6.10 Å². The van der Waals surface area contributed by atoms with Gasteiger partial charge in [0.05, 0.1) is 17.5 Å². The highest BCUT2D eigenvalue weighted by Crippen LogP contribution is 2.27. The van der Waals surface area contributed by atoms with Crippen molar-refractivity contribution in [2.24, 2.45) is 5.92 Å². The van der Waals surface area contributed by atoms with E-state index < -0.39 is 0 Å². The minimum atomic E-state index is -0.161. The predicted molar refractivity (Wildman–Crippen MR) is 62.9 cm³/mol. The lowest BCUT2D eigenvalue weighted by molar-refractivity contribution is 0.0971. The van der Waals surface area contributed by atoms with Crippen LogP contribution < -0.4 is 10.6 Å². The number of aliphatic hydroxyl groups excluding tert-OH is 1. The van der Waals surface area contributed by atoms with Crippen molar-refractivity contribution in [1.82, 2.24) is 0 Å². The number of anilines is 2. The normalized spacial score (nSPS) is 26.7. The minimum Gasteiger partial charge on any atom is -0.397 e. The molecule has 1 aromatic carbocycles.